The number of hydrogen-bond donors (Lipinski definition) is 1. The summed E-state index contributed by atoms with van der Waals surface area (Å²) < 4.78 is 4.01. The number of allylic oxidation sites excluding steroid dienone is 1. The molecule has 2 rings (SSSR count). The summed E-state index contributed by atoms with van der Waals surface area (Å²) in [4.78, 5) is 15.7. The Bertz CT molecular complexity index is 586. The molecule has 0 bridgehead atoms. The molecule has 126 valence electrons. The molecular weight excluding hydrogens is 328 g/mol. The lowest BCUT2D eigenvalue weighted by Gasteiger charge is -2.24. The molecule has 0 radical (unpaired) electrons. The zero-order valence-electron chi connectivity index (χ0n) is 13.3. The first-order valence-electron chi connectivity index (χ1n) is 7.86. The van der Waals surface area contributed by atoms with E-state index in [-0.39, 0.29) is 0 Å². The highest BCUT2D eigenvalue weighted by molar-refractivity contribution is 7.30. The van der Waals surface area contributed by atoms with E-state index in [9.17, 15) is 9.90 Å². The lowest BCUT2D eigenvalue weighted by molar-refractivity contribution is -0.132. The van der Waals surface area contributed by atoms with E-state index in [0.717, 1.165) is 44.3 Å². The maximum atomic E-state index is 11.4. The molecule has 5 nitrogen and oxygen atoms in total. The van der Waals surface area contributed by atoms with Crippen molar-refractivity contribution < 1.29 is 9.90 Å². The molecule has 1 aliphatic rings. The monoisotopic (exact) mass is 353 g/mol. The van der Waals surface area contributed by atoms with Crippen LogP contribution in [0.1, 0.15) is 50.3 Å². The fraction of sp³-hybridized carbons (Fsp3) is 0.500. The molecule has 7 heteroatoms. The third-order valence-electron chi connectivity index (χ3n) is 4.16. The molecule has 0 saturated heterocycles. The second-order valence-electron chi connectivity index (χ2n) is 6.04. The predicted molar refractivity (Wildman–Crippen MR) is 99.8 cm³/mol. The van der Waals surface area contributed by atoms with Crippen LogP contribution in [-0.2, 0) is 4.79 Å². The van der Waals surface area contributed by atoms with Gasteiger partial charge in [0.1, 0.15) is 0 Å². The van der Waals surface area contributed by atoms with Crippen molar-refractivity contribution in [2.75, 3.05) is 6.54 Å². The summed E-state index contributed by atoms with van der Waals surface area (Å²) in [5.41, 5.74) is 2.45. The van der Waals surface area contributed by atoms with E-state index in [2.05, 4.69) is 34.9 Å². The van der Waals surface area contributed by atoms with E-state index in [1.54, 1.807) is 6.08 Å². The number of hydrogen-bond acceptors (Lipinski definition) is 3. The van der Waals surface area contributed by atoms with Crippen LogP contribution >= 0.6 is 18.8 Å². The molecule has 1 fully saturated rings. The van der Waals surface area contributed by atoms with E-state index >= 15 is 0 Å². The van der Waals surface area contributed by atoms with Crippen molar-refractivity contribution in [2.24, 2.45) is 0 Å². The van der Waals surface area contributed by atoms with Crippen LogP contribution in [-0.4, -0.2) is 31.6 Å². The number of rotatable bonds is 7. The minimum atomic E-state index is -0.868. The van der Waals surface area contributed by atoms with Gasteiger partial charge in [-0.2, -0.15) is 0 Å². The SMILES string of the molecule is C=C1CCC(n2cnc(/C=C(\CCCN(P)P)C(=O)O)c2)CC1. The summed E-state index contributed by atoms with van der Waals surface area (Å²) in [5, 5.41) is 9.35. The zero-order chi connectivity index (χ0) is 16.8. The summed E-state index contributed by atoms with van der Waals surface area (Å²) in [5.74, 6) is -0.868. The Labute approximate surface area is 142 Å². The standard InChI is InChI=1S/C16H25N3O2P2/c1-12-4-6-15(7-5-12)18-10-14(17-11-18)9-13(16(20)21)3-2-8-19(22)23/h9-11,15H,1-8,22-23H2,(H,20,21)/b13-9+. The third-order valence-corrected chi connectivity index (χ3v) is 4.68. The van der Waals surface area contributed by atoms with Gasteiger partial charge in [0, 0.05) is 24.4 Å². The van der Waals surface area contributed by atoms with Gasteiger partial charge in [0.2, 0.25) is 0 Å². The molecule has 1 aromatic heterocycles. The van der Waals surface area contributed by atoms with Crippen LogP contribution in [0, 0.1) is 0 Å². The Hall–Kier alpha value is -1.02. The molecule has 23 heavy (non-hydrogen) atoms. The van der Waals surface area contributed by atoms with E-state index in [4.69, 9.17) is 0 Å². The first-order chi connectivity index (χ1) is 11.0. The van der Waals surface area contributed by atoms with E-state index < -0.39 is 5.97 Å². The van der Waals surface area contributed by atoms with Gasteiger partial charge in [-0.3, -0.25) is 4.44 Å². The average Bonchev–Trinajstić information content (AvgIpc) is 2.95. The Morgan fingerprint density at radius 3 is 2.78 bits per heavy atom. The topological polar surface area (TPSA) is 58.4 Å². The van der Waals surface area contributed by atoms with Gasteiger partial charge in [-0.05, 0) is 44.6 Å². The van der Waals surface area contributed by atoms with Gasteiger partial charge in [-0.15, -0.1) is 0 Å². The van der Waals surface area contributed by atoms with Crippen molar-refractivity contribution in [3.05, 3.63) is 35.9 Å². The van der Waals surface area contributed by atoms with Crippen LogP contribution in [0.25, 0.3) is 6.08 Å². The van der Waals surface area contributed by atoms with Crippen molar-refractivity contribution in [1.29, 1.82) is 0 Å². The molecule has 0 amide bonds. The van der Waals surface area contributed by atoms with Gasteiger partial charge in [0.05, 0.1) is 12.0 Å². The van der Waals surface area contributed by atoms with Crippen LogP contribution in [0.3, 0.4) is 0 Å². The molecule has 1 aromatic rings. The van der Waals surface area contributed by atoms with Crippen molar-refractivity contribution in [1.82, 2.24) is 14.0 Å². The number of imidazole rings is 1. The molecule has 0 aliphatic heterocycles. The van der Waals surface area contributed by atoms with Gasteiger partial charge in [-0.25, -0.2) is 9.78 Å². The van der Waals surface area contributed by atoms with E-state index in [1.165, 1.54) is 5.57 Å². The largest absolute Gasteiger partial charge is 0.478 e. The van der Waals surface area contributed by atoms with Gasteiger partial charge >= 0.3 is 5.97 Å². The average molecular weight is 353 g/mol. The number of carboxylic acids is 1. The van der Waals surface area contributed by atoms with Crippen molar-refractivity contribution in [3.63, 3.8) is 0 Å². The van der Waals surface area contributed by atoms with E-state index in [1.807, 2.05) is 17.0 Å². The first-order valence-corrected chi connectivity index (χ1v) is 8.90. The molecule has 2 atom stereocenters. The quantitative estimate of drug-likeness (QED) is 0.461. The van der Waals surface area contributed by atoms with Crippen LogP contribution in [0.2, 0.25) is 0 Å². The van der Waals surface area contributed by atoms with Crippen molar-refractivity contribution >= 4 is 30.8 Å². The van der Waals surface area contributed by atoms with Gasteiger partial charge in [0.25, 0.3) is 0 Å². The summed E-state index contributed by atoms with van der Waals surface area (Å²) in [6.07, 6.45) is 11.1. The first kappa shape index (κ1) is 18.3. The Kier molecular flexibility index (Phi) is 6.95. The smallest absolute Gasteiger partial charge is 0.331 e. The summed E-state index contributed by atoms with van der Waals surface area (Å²) in [6, 6.07) is 0.450. The summed E-state index contributed by atoms with van der Waals surface area (Å²) >= 11 is 0. The number of carboxylic acid groups (broad SMARTS) is 1. The highest BCUT2D eigenvalue weighted by Gasteiger charge is 2.17. The van der Waals surface area contributed by atoms with Crippen molar-refractivity contribution in [2.45, 2.75) is 44.6 Å². The molecule has 1 N–H and O–H groups in total. The normalized spacial score (nSPS) is 17.0. The summed E-state index contributed by atoms with van der Waals surface area (Å²) in [6.45, 7) is 4.85. The molecule has 2 unspecified atom stereocenters. The summed E-state index contributed by atoms with van der Waals surface area (Å²) in [7, 11) is 5.09. The number of aromatic nitrogens is 2. The maximum absolute atomic E-state index is 11.4. The zero-order valence-corrected chi connectivity index (χ0v) is 15.6. The van der Waals surface area contributed by atoms with Gasteiger partial charge < -0.3 is 9.67 Å². The molecule has 1 heterocycles. The lowest BCUT2D eigenvalue weighted by Crippen LogP contribution is -2.11. The Balaban J connectivity index is 2.01. The maximum Gasteiger partial charge on any atom is 0.331 e. The molecule has 0 spiro atoms. The predicted octanol–water partition coefficient (Wildman–Crippen LogP) is 3.68. The molecular formula is C16H25N3O2P2. The Morgan fingerprint density at radius 2 is 2.17 bits per heavy atom. The van der Waals surface area contributed by atoms with Crippen LogP contribution in [0.5, 0.6) is 0 Å². The molecule has 1 aliphatic carbocycles. The van der Waals surface area contributed by atoms with Crippen molar-refractivity contribution in [3.8, 4) is 0 Å². The number of aliphatic carboxylic acids is 1. The van der Waals surface area contributed by atoms with Gasteiger partial charge in [0.15, 0.2) is 0 Å². The second kappa shape index (κ2) is 8.73. The fourth-order valence-corrected chi connectivity index (χ4v) is 3.17. The van der Waals surface area contributed by atoms with Gasteiger partial charge in [-0.1, -0.05) is 30.9 Å². The molecule has 1 saturated carbocycles. The second-order valence-corrected chi connectivity index (χ2v) is 7.97. The van der Waals surface area contributed by atoms with E-state index in [0.29, 0.717) is 18.0 Å². The highest BCUT2D eigenvalue weighted by Crippen LogP contribution is 2.30. The number of carbonyl (C=O) groups is 1. The lowest BCUT2D eigenvalue weighted by atomic mass is 9.92. The van der Waals surface area contributed by atoms with Crippen LogP contribution in [0.15, 0.2) is 30.2 Å². The highest BCUT2D eigenvalue weighted by atomic mass is 31.1. The fourth-order valence-electron chi connectivity index (χ4n) is 2.81. The van der Waals surface area contributed by atoms with Crippen LogP contribution in [0.4, 0.5) is 0 Å². The number of nitrogens with zero attached hydrogens (tertiary/aromatic N) is 3. The third kappa shape index (κ3) is 5.84. The minimum Gasteiger partial charge on any atom is -0.478 e. The Morgan fingerprint density at radius 1 is 1.48 bits per heavy atom. The van der Waals surface area contributed by atoms with Crippen LogP contribution < -0.4 is 0 Å². The molecule has 0 aromatic carbocycles. The minimum absolute atomic E-state index is 0.407.